The third kappa shape index (κ3) is 3.28. The minimum atomic E-state index is -0.592. The van der Waals surface area contributed by atoms with Gasteiger partial charge in [0.05, 0.1) is 6.33 Å². The zero-order valence-electron chi connectivity index (χ0n) is 11.9. The number of nitrogens with zero attached hydrogens (tertiary/aromatic N) is 4. The first-order valence-electron chi connectivity index (χ1n) is 6.51. The summed E-state index contributed by atoms with van der Waals surface area (Å²) in [5, 5.41) is 2.67. The predicted octanol–water partition coefficient (Wildman–Crippen LogP) is -0.899. The molecule has 1 N–H and O–H groups in total. The third-order valence-electron chi connectivity index (χ3n) is 3.13. The molecule has 112 valence electrons. The van der Waals surface area contributed by atoms with Crippen molar-refractivity contribution in [1.82, 2.24) is 24.0 Å². The molecule has 0 aromatic carbocycles. The lowest BCUT2D eigenvalue weighted by Gasteiger charge is -2.08. The van der Waals surface area contributed by atoms with Gasteiger partial charge in [0.1, 0.15) is 5.56 Å². The van der Waals surface area contributed by atoms with Gasteiger partial charge in [-0.1, -0.05) is 0 Å². The fourth-order valence-electron chi connectivity index (χ4n) is 1.94. The summed E-state index contributed by atoms with van der Waals surface area (Å²) < 4.78 is 4.03. The number of aryl methyl sites for hydroxylation is 2. The van der Waals surface area contributed by atoms with E-state index in [-0.39, 0.29) is 5.56 Å². The highest BCUT2D eigenvalue weighted by atomic mass is 16.2. The average Bonchev–Trinajstić information content (AvgIpc) is 2.98. The summed E-state index contributed by atoms with van der Waals surface area (Å²) in [5.41, 5.74) is -1.09. The second-order valence-electron chi connectivity index (χ2n) is 4.71. The summed E-state index contributed by atoms with van der Waals surface area (Å²) in [6.07, 6.45) is 7.20. The molecule has 0 fully saturated rings. The van der Waals surface area contributed by atoms with Gasteiger partial charge in [0.15, 0.2) is 0 Å². The molecule has 2 aromatic heterocycles. The molecule has 0 atom stereocenters. The van der Waals surface area contributed by atoms with E-state index in [4.69, 9.17) is 0 Å². The maximum absolute atomic E-state index is 12.0. The maximum atomic E-state index is 12.0. The van der Waals surface area contributed by atoms with Crippen LogP contribution in [0.1, 0.15) is 16.8 Å². The molecule has 0 unspecified atom stereocenters. The number of hydrogen-bond donors (Lipinski definition) is 1. The molecule has 0 spiro atoms. The predicted molar refractivity (Wildman–Crippen MR) is 76.1 cm³/mol. The van der Waals surface area contributed by atoms with Crippen LogP contribution in [0.15, 0.2) is 34.5 Å². The first kappa shape index (κ1) is 14.8. The van der Waals surface area contributed by atoms with Gasteiger partial charge in [-0.25, -0.2) is 9.78 Å². The van der Waals surface area contributed by atoms with Crippen molar-refractivity contribution in [2.45, 2.75) is 13.0 Å². The molecular formula is C13H17N5O3. The lowest BCUT2D eigenvalue weighted by Crippen LogP contribution is -2.42. The summed E-state index contributed by atoms with van der Waals surface area (Å²) in [4.78, 5) is 39.3. The summed E-state index contributed by atoms with van der Waals surface area (Å²) in [5.74, 6) is -0.475. The maximum Gasteiger partial charge on any atom is 0.330 e. The van der Waals surface area contributed by atoms with Crippen molar-refractivity contribution in [2.24, 2.45) is 14.1 Å². The van der Waals surface area contributed by atoms with Gasteiger partial charge in [-0.3, -0.25) is 14.2 Å². The van der Waals surface area contributed by atoms with E-state index < -0.39 is 17.2 Å². The smallest absolute Gasteiger partial charge is 0.330 e. The number of carbonyl (C=O) groups excluding carboxylic acids is 1. The summed E-state index contributed by atoms with van der Waals surface area (Å²) in [7, 11) is 2.85. The van der Waals surface area contributed by atoms with E-state index in [2.05, 4.69) is 10.3 Å². The van der Waals surface area contributed by atoms with Gasteiger partial charge in [0.2, 0.25) is 0 Å². The lowest BCUT2D eigenvalue weighted by molar-refractivity contribution is 0.0949. The Balaban J connectivity index is 1.98. The van der Waals surface area contributed by atoms with E-state index in [9.17, 15) is 14.4 Å². The number of hydrogen-bond acceptors (Lipinski definition) is 4. The van der Waals surface area contributed by atoms with Crippen molar-refractivity contribution >= 4 is 5.91 Å². The van der Waals surface area contributed by atoms with E-state index in [0.29, 0.717) is 13.0 Å². The molecule has 8 nitrogen and oxygen atoms in total. The van der Waals surface area contributed by atoms with Crippen molar-refractivity contribution in [2.75, 3.05) is 6.54 Å². The highest BCUT2D eigenvalue weighted by molar-refractivity contribution is 5.93. The average molecular weight is 291 g/mol. The molecule has 0 saturated carbocycles. The Morgan fingerprint density at radius 1 is 1.33 bits per heavy atom. The summed E-state index contributed by atoms with van der Waals surface area (Å²) >= 11 is 0. The quantitative estimate of drug-likeness (QED) is 0.723. The van der Waals surface area contributed by atoms with Crippen LogP contribution in [0.25, 0.3) is 0 Å². The summed E-state index contributed by atoms with van der Waals surface area (Å²) in [6.45, 7) is 1.16. The minimum absolute atomic E-state index is 0.0396. The minimum Gasteiger partial charge on any atom is -0.352 e. The number of aromatic nitrogens is 4. The number of carbonyl (C=O) groups is 1. The van der Waals surface area contributed by atoms with Crippen molar-refractivity contribution < 1.29 is 4.79 Å². The van der Waals surface area contributed by atoms with Crippen molar-refractivity contribution in [3.63, 3.8) is 0 Å². The molecule has 21 heavy (non-hydrogen) atoms. The first-order chi connectivity index (χ1) is 10.0. The molecule has 1 amide bonds. The monoisotopic (exact) mass is 291 g/mol. The van der Waals surface area contributed by atoms with Crippen LogP contribution in [0.4, 0.5) is 0 Å². The fourth-order valence-corrected chi connectivity index (χ4v) is 1.94. The third-order valence-corrected chi connectivity index (χ3v) is 3.13. The van der Waals surface area contributed by atoms with Crippen LogP contribution < -0.4 is 16.6 Å². The van der Waals surface area contributed by atoms with Gasteiger partial charge in [-0.15, -0.1) is 0 Å². The lowest BCUT2D eigenvalue weighted by atomic mass is 10.3. The molecule has 2 aromatic rings. The molecular weight excluding hydrogens is 274 g/mol. The Hall–Kier alpha value is -2.64. The Bertz CT molecular complexity index is 742. The zero-order chi connectivity index (χ0) is 15.4. The van der Waals surface area contributed by atoms with Crippen LogP contribution in [0.2, 0.25) is 0 Å². The number of amides is 1. The van der Waals surface area contributed by atoms with Gasteiger partial charge < -0.3 is 14.5 Å². The highest BCUT2D eigenvalue weighted by Crippen LogP contribution is 1.91. The highest BCUT2D eigenvalue weighted by Gasteiger charge is 2.13. The Morgan fingerprint density at radius 2 is 2.10 bits per heavy atom. The van der Waals surface area contributed by atoms with Crippen LogP contribution in [-0.4, -0.2) is 31.1 Å². The molecule has 8 heteroatoms. The Labute approximate surface area is 120 Å². The fraction of sp³-hybridized carbons (Fsp3) is 0.385. The molecule has 0 aliphatic carbocycles. The SMILES string of the molecule is Cn1cc(C(=O)NCCCn2ccnc2)c(=O)n(C)c1=O. The van der Waals surface area contributed by atoms with Gasteiger partial charge in [0.25, 0.3) is 11.5 Å². The topological polar surface area (TPSA) is 90.9 Å². The molecule has 2 rings (SSSR count). The number of rotatable bonds is 5. The largest absolute Gasteiger partial charge is 0.352 e. The van der Waals surface area contributed by atoms with Crippen LogP contribution in [-0.2, 0) is 20.6 Å². The number of nitrogens with one attached hydrogen (secondary N) is 1. The van der Waals surface area contributed by atoms with E-state index in [1.165, 1.54) is 24.9 Å². The normalized spacial score (nSPS) is 10.6. The molecule has 0 saturated heterocycles. The zero-order valence-corrected chi connectivity index (χ0v) is 11.9. The van der Waals surface area contributed by atoms with Crippen LogP contribution in [0, 0.1) is 0 Å². The molecule has 0 bridgehead atoms. The first-order valence-corrected chi connectivity index (χ1v) is 6.51. The summed E-state index contributed by atoms with van der Waals surface area (Å²) in [6, 6.07) is 0. The van der Waals surface area contributed by atoms with Gasteiger partial charge in [-0.05, 0) is 6.42 Å². The standard InChI is InChI=1S/C13H17N5O3/c1-16-8-10(12(20)17(2)13(16)21)11(19)15-4-3-6-18-7-5-14-9-18/h5,7-9H,3-4,6H2,1-2H3,(H,15,19). The van der Waals surface area contributed by atoms with Crippen molar-refractivity contribution in [1.29, 1.82) is 0 Å². The Kier molecular flexibility index (Phi) is 4.36. The van der Waals surface area contributed by atoms with Crippen LogP contribution in [0.5, 0.6) is 0 Å². The van der Waals surface area contributed by atoms with E-state index in [1.54, 1.807) is 12.5 Å². The Morgan fingerprint density at radius 3 is 2.76 bits per heavy atom. The number of imidazole rings is 1. The molecule has 0 aliphatic heterocycles. The van der Waals surface area contributed by atoms with Crippen molar-refractivity contribution in [3.05, 3.63) is 51.3 Å². The van der Waals surface area contributed by atoms with Crippen molar-refractivity contribution in [3.8, 4) is 0 Å². The molecule has 0 aliphatic rings. The van der Waals surface area contributed by atoms with Crippen LogP contribution >= 0.6 is 0 Å². The molecule has 2 heterocycles. The van der Waals surface area contributed by atoms with E-state index in [1.807, 2.05) is 10.8 Å². The van der Waals surface area contributed by atoms with Crippen LogP contribution in [0.3, 0.4) is 0 Å². The second kappa shape index (κ2) is 6.21. The van der Waals surface area contributed by atoms with Gasteiger partial charge in [0, 0.05) is 45.8 Å². The second-order valence-corrected chi connectivity index (χ2v) is 4.71. The molecule has 0 radical (unpaired) electrons. The van der Waals surface area contributed by atoms with E-state index >= 15 is 0 Å². The van der Waals surface area contributed by atoms with E-state index in [0.717, 1.165) is 11.1 Å². The van der Waals surface area contributed by atoms with Gasteiger partial charge >= 0.3 is 5.69 Å². The van der Waals surface area contributed by atoms with Gasteiger partial charge in [-0.2, -0.15) is 0 Å².